The number of hydrogen-bond acceptors (Lipinski definition) is 1. The summed E-state index contributed by atoms with van der Waals surface area (Å²) in [5, 5.41) is 6.92. The first-order chi connectivity index (χ1) is 15.1. The van der Waals surface area contributed by atoms with Crippen molar-refractivity contribution in [2.45, 2.75) is 0 Å². The van der Waals surface area contributed by atoms with Gasteiger partial charge in [-0.3, -0.25) is 0 Å². The fourth-order valence-corrected chi connectivity index (χ4v) is 5.24. The van der Waals surface area contributed by atoms with E-state index in [-0.39, 0.29) is 6.03 Å². The second-order valence-electron chi connectivity index (χ2n) is 7.03. The number of benzene rings is 4. The molecule has 0 unspecified atom stereocenters. The summed E-state index contributed by atoms with van der Waals surface area (Å²) in [6.07, 6.45) is 0. The molecule has 31 heavy (non-hydrogen) atoms. The minimum Gasteiger partial charge on any atom is -0.331 e. The third kappa shape index (κ3) is 6.80. The molecule has 2 amide bonds. The Labute approximate surface area is 186 Å². The summed E-state index contributed by atoms with van der Waals surface area (Å²) >= 11 is 0. The summed E-state index contributed by atoms with van der Waals surface area (Å²) in [6, 6.07) is 41.6. The van der Waals surface area contributed by atoms with Gasteiger partial charge in [0.05, 0.1) is 0 Å². The molecule has 4 aromatic rings. The molecule has 4 rings (SSSR count). The highest BCUT2D eigenvalue weighted by Gasteiger charge is 2.14. The van der Waals surface area contributed by atoms with E-state index in [0.717, 1.165) is 5.69 Å². The minimum absolute atomic E-state index is 0.110. The summed E-state index contributed by atoms with van der Waals surface area (Å²) in [5.74, 6) is 0. The van der Waals surface area contributed by atoms with Gasteiger partial charge in [-0.1, -0.05) is 109 Å². The molecular formula is C27H27N2OP. The number of nitrogens with one attached hydrogen (secondary N) is 1. The van der Waals surface area contributed by atoms with Crippen molar-refractivity contribution in [3.63, 3.8) is 0 Å². The molecule has 0 heterocycles. The smallest absolute Gasteiger partial charge is 0.321 e. The maximum atomic E-state index is 11.1. The van der Waals surface area contributed by atoms with Gasteiger partial charge in [0, 0.05) is 19.8 Å². The van der Waals surface area contributed by atoms with E-state index in [1.807, 2.05) is 30.3 Å². The average Bonchev–Trinajstić information content (AvgIpc) is 2.82. The van der Waals surface area contributed by atoms with Crippen LogP contribution in [0.1, 0.15) is 0 Å². The molecule has 0 saturated carbocycles. The first-order valence-electron chi connectivity index (χ1n) is 10.1. The van der Waals surface area contributed by atoms with E-state index in [1.165, 1.54) is 20.8 Å². The maximum absolute atomic E-state index is 11.1. The first kappa shape index (κ1) is 22.3. The first-order valence-corrected chi connectivity index (χ1v) is 11.5. The molecule has 1 N–H and O–H groups in total. The van der Waals surface area contributed by atoms with Gasteiger partial charge in [-0.05, 0) is 36.0 Å². The molecule has 4 heteroatoms. The molecule has 0 aliphatic rings. The van der Waals surface area contributed by atoms with Crippen LogP contribution in [0.5, 0.6) is 0 Å². The third-order valence-electron chi connectivity index (χ3n) is 4.47. The summed E-state index contributed by atoms with van der Waals surface area (Å²) in [6.45, 7) is 0. The Hall–Kier alpha value is -3.42. The van der Waals surface area contributed by atoms with Crippen LogP contribution in [0.2, 0.25) is 0 Å². The molecule has 0 aromatic heterocycles. The lowest BCUT2D eigenvalue weighted by Crippen LogP contribution is -2.27. The van der Waals surface area contributed by atoms with Gasteiger partial charge in [-0.25, -0.2) is 4.79 Å². The molecule has 0 atom stereocenters. The number of carbonyl (C=O) groups excluding carboxylic acids is 1. The van der Waals surface area contributed by atoms with Crippen LogP contribution in [0.3, 0.4) is 0 Å². The molecule has 0 fully saturated rings. The van der Waals surface area contributed by atoms with Crippen LogP contribution in [0.25, 0.3) is 0 Å². The van der Waals surface area contributed by atoms with Crippen LogP contribution in [0.15, 0.2) is 121 Å². The van der Waals surface area contributed by atoms with Gasteiger partial charge in [-0.2, -0.15) is 0 Å². The van der Waals surface area contributed by atoms with E-state index in [4.69, 9.17) is 0 Å². The standard InChI is InChI=1S/C18H15P.C9H12N2O/c1-4-10-16(11-5-1)19(17-12-6-2-7-13-17)18-14-8-3-9-15-18;1-11(2)9(12)10-8-6-4-3-5-7-8/h1-15H;3-7H,1-2H3,(H,10,12). The van der Waals surface area contributed by atoms with E-state index in [2.05, 4.69) is 96.3 Å². The largest absolute Gasteiger partial charge is 0.331 e. The molecule has 3 nitrogen and oxygen atoms in total. The quantitative estimate of drug-likeness (QED) is 0.446. The molecule has 156 valence electrons. The van der Waals surface area contributed by atoms with Crippen molar-refractivity contribution in [2.24, 2.45) is 0 Å². The second kappa shape index (κ2) is 11.7. The predicted molar refractivity (Wildman–Crippen MR) is 134 cm³/mol. The zero-order valence-electron chi connectivity index (χ0n) is 17.8. The summed E-state index contributed by atoms with van der Waals surface area (Å²) in [5.41, 5.74) is 0.816. The summed E-state index contributed by atoms with van der Waals surface area (Å²) in [4.78, 5) is 12.6. The highest BCUT2D eigenvalue weighted by molar-refractivity contribution is 7.79. The molecule has 0 spiro atoms. The zero-order valence-corrected chi connectivity index (χ0v) is 18.7. The molecular weight excluding hydrogens is 399 g/mol. The molecule has 0 aliphatic carbocycles. The van der Waals surface area contributed by atoms with Crippen LogP contribution >= 0.6 is 7.92 Å². The van der Waals surface area contributed by atoms with Crippen molar-refractivity contribution in [1.29, 1.82) is 0 Å². The lowest BCUT2D eigenvalue weighted by molar-refractivity contribution is 0.230. The molecule has 0 saturated heterocycles. The van der Waals surface area contributed by atoms with Gasteiger partial charge in [0.15, 0.2) is 0 Å². The number of hydrogen-bond donors (Lipinski definition) is 1. The Morgan fingerprint density at radius 1 is 0.581 bits per heavy atom. The lowest BCUT2D eigenvalue weighted by Gasteiger charge is -2.18. The molecule has 0 aliphatic heterocycles. The van der Waals surface area contributed by atoms with Crippen LogP contribution in [-0.4, -0.2) is 25.0 Å². The molecule has 0 radical (unpaired) electrons. The monoisotopic (exact) mass is 426 g/mol. The summed E-state index contributed by atoms with van der Waals surface area (Å²) < 4.78 is 0. The third-order valence-corrected chi connectivity index (χ3v) is 6.92. The van der Waals surface area contributed by atoms with Gasteiger partial charge in [0.25, 0.3) is 0 Å². The number of para-hydroxylation sites is 1. The topological polar surface area (TPSA) is 32.3 Å². The SMILES string of the molecule is CN(C)C(=O)Nc1ccccc1.c1ccc(P(c2ccccc2)c2ccccc2)cc1. The van der Waals surface area contributed by atoms with E-state index in [1.54, 1.807) is 14.1 Å². The normalized spacial score (nSPS) is 10.0. The Morgan fingerprint density at radius 3 is 1.23 bits per heavy atom. The number of rotatable bonds is 4. The van der Waals surface area contributed by atoms with E-state index < -0.39 is 7.92 Å². The fraction of sp³-hybridized carbons (Fsp3) is 0.0741. The number of amides is 2. The minimum atomic E-state index is -0.446. The van der Waals surface area contributed by atoms with Crippen molar-refractivity contribution in [3.8, 4) is 0 Å². The summed E-state index contributed by atoms with van der Waals surface area (Å²) in [7, 11) is 2.97. The van der Waals surface area contributed by atoms with Crippen LogP contribution in [0, 0.1) is 0 Å². The molecule has 4 aromatic carbocycles. The number of urea groups is 1. The zero-order chi connectivity index (χ0) is 21.9. The van der Waals surface area contributed by atoms with Gasteiger partial charge in [0.1, 0.15) is 0 Å². The predicted octanol–water partition coefficient (Wildman–Crippen LogP) is 5.22. The van der Waals surface area contributed by atoms with Gasteiger partial charge in [-0.15, -0.1) is 0 Å². The van der Waals surface area contributed by atoms with Crippen molar-refractivity contribution in [2.75, 3.05) is 19.4 Å². The van der Waals surface area contributed by atoms with Crippen molar-refractivity contribution < 1.29 is 4.79 Å². The number of carbonyl (C=O) groups is 1. The second-order valence-corrected chi connectivity index (χ2v) is 9.25. The van der Waals surface area contributed by atoms with Gasteiger partial charge >= 0.3 is 6.03 Å². The van der Waals surface area contributed by atoms with Crippen LogP contribution < -0.4 is 21.2 Å². The van der Waals surface area contributed by atoms with Crippen molar-refractivity contribution >= 4 is 35.6 Å². The highest BCUT2D eigenvalue weighted by atomic mass is 31.1. The Balaban J connectivity index is 0.000000196. The van der Waals surface area contributed by atoms with Crippen LogP contribution in [-0.2, 0) is 0 Å². The van der Waals surface area contributed by atoms with Crippen molar-refractivity contribution in [3.05, 3.63) is 121 Å². The highest BCUT2D eigenvalue weighted by Crippen LogP contribution is 2.32. The van der Waals surface area contributed by atoms with E-state index in [0.29, 0.717) is 0 Å². The van der Waals surface area contributed by atoms with E-state index >= 15 is 0 Å². The fourth-order valence-electron chi connectivity index (χ4n) is 2.94. The Bertz CT molecular complexity index is 946. The Morgan fingerprint density at radius 2 is 0.903 bits per heavy atom. The van der Waals surface area contributed by atoms with Gasteiger partial charge < -0.3 is 10.2 Å². The van der Waals surface area contributed by atoms with Crippen molar-refractivity contribution in [1.82, 2.24) is 4.90 Å². The molecule has 0 bridgehead atoms. The van der Waals surface area contributed by atoms with Crippen LogP contribution in [0.4, 0.5) is 10.5 Å². The van der Waals surface area contributed by atoms with Gasteiger partial charge in [0.2, 0.25) is 0 Å². The maximum Gasteiger partial charge on any atom is 0.321 e. The average molecular weight is 427 g/mol. The Kier molecular flexibility index (Phi) is 8.39. The lowest BCUT2D eigenvalue weighted by atomic mass is 10.3. The number of nitrogens with zero attached hydrogens (tertiary/aromatic N) is 1. The number of anilines is 1. The van der Waals surface area contributed by atoms with E-state index in [9.17, 15) is 4.79 Å².